The summed E-state index contributed by atoms with van der Waals surface area (Å²) in [6.45, 7) is 4.63. The molecular formula is C15H21ClO. The lowest BCUT2D eigenvalue weighted by atomic mass is 9.71. The lowest BCUT2D eigenvalue weighted by Gasteiger charge is -2.36. The van der Waals surface area contributed by atoms with Crippen LogP contribution < -0.4 is 0 Å². The van der Waals surface area contributed by atoms with Crippen molar-refractivity contribution in [2.45, 2.75) is 45.6 Å². The van der Waals surface area contributed by atoms with Gasteiger partial charge in [0.15, 0.2) is 0 Å². The first-order chi connectivity index (χ1) is 7.98. The molecule has 1 aromatic rings. The fourth-order valence-electron chi connectivity index (χ4n) is 2.70. The molecule has 0 aliphatic heterocycles. The molecule has 1 aliphatic rings. The molecule has 0 spiro atoms. The second-order valence-corrected chi connectivity index (χ2v) is 6.44. The number of aliphatic hydroxyl groups excluding tert-OH is 1. The van der Waals surface area contributed by atoms with Gasteiger partial charge in [0, 0.05) is 5.02 Å². The maximum Gasteiger partial charge on any atom is 0.0818 e. The third kappa shape index (κ3) is 3.23. The van der Waals surface area contributed by atoms with Gasteiger partial charge in [-0.3, -0.25) is 0 Å². The molecule has 1 aliphatic carbocycles. The van der Waals surface area contributed by atoms with E-state index in [2.05, 4.69) is 13.8 Å². The second kappa shape index (κ2) is 4.99. The van der Waals surface area contributed by atoms with E-state index in [-0.39, 0.29) is 6.10 Å². The van der Waals surface area contributed by atoms with Gasteiger partial charge in [-0.25, -0.2) is 0 Å². The van der Waals surface area contributed by atoms with Gasteiger partial charge in [-0.05, 0) is 54.7 Å². The summed E-state index contributed by atoms with van der Waals surface area (Å²) in [5.41, 5.74) is 1.41. The summed E-state index contributed by atoms with van der Waals surface area (Å²) >= 11 is 5.96. The van der Waals surface area contributed by atoms with Crippen molar-refractivity contribution in [3.8, 4) is 0 Å². The molecule has 1 fully saturated rings. The summed E-state index contributed by atoms with van der Waals surface area (Å²) < 4.78 is 0. The third-order valence-corrected chi connectivity index (χ3v) is 4.26. The molecule has 1 unspecified atom stereocenters. The summed E-state index contributed by atoms with van der Waals surface area (Å²) in [5.74, 6) is 0.390. The monoisotopic (exact) mass is 252 g/mol. The van der Waals surface area contributed by atoms with Crippen LogP contribution >= 0.6 is 11.6 Å². The SMILES string of the molecule is CC1(C)CCC(C(O)c2cccc(Cl)c2)CC1. The van der Waals surface area contributed by atoms with Gasteiger partial charge in [0.1, 0.15) is 0 Å². The van der Waals surface area contributed by atoms with E-state index < -0.39 is 0 Å². The maximum atomic E-state index is 10.4. The van der Waals surface area contributed by atoms with Crippen molar-refractivity contribution in [2.24, 2.45) is 11.3 Å². The summed E-state index contributed by atoms with van der Waals surface area (Å²) in [6.07, 6.45) is 4.27. The molecule has 1 nitrogen and oxygen atoms in total. The minimum absolute atomic E-state index is 0.357. The predicted octanol–water partition coefficient (Wildman–Crippen LogP) is 4.59. The average Bonchev–Trinajstić information content (AvgIpc) is 2.28. The molecule has 0 amide bonds. The van der Waals surface area contributed by atoms with Crippen molar-refractivity contribution in [1.29, 1.82) is 0 Å². The highest BCUT2D eigenvalue weighted by molar-refractivity contribution is 6.30. The van der Waals surface area contributed by atoms with Crippen LogP contribution in [0, 0.1) is 11.3 Å². The summed E-state index contributed by atoms with van der Waals surface area (Å²) in [5, 5.41) is 11.1. The van der Waals surface area contributed by atoms with Crippen molar-refractivity contribution >= 4 is 11.6 Å². The standard InChI is InChI=1S/C15H21ClO/c1-15(2)8-6-11(7-9-15)14(17)12-4-3-5-13(16)10-12/h3-5,10-11,14,17H,6-9H2,1-2H3. The summed E-state index contributed by atoms with van der Waals surface area (Å²) in [4.78, 5) is 0. The quantitative estimate of drug-likeness (QED) is 0.816. The zero-order valence-electron chi connectivity index (χ0n) is 10.6. The Kier molecular flexibility index (Phi) is 3.79. The second-order valence-electron chi connectivity index (χ2n) is 6.00. The average molecular weight is 253 g/mol. The molecule has 2 rings (SSSR count). The van der Waals surface area contributed by atoms with Crippen LogP contribution in [0.5, 0.6) is 0 Å². The zero-order valence-corrected chi connectivity index (χ0v) is 11.4. The summed E-state index contributed by atoms with van der Waals surface area (Å²) in [7, 11) is 0. The molecule has 17 heavy (non-hydrogen) atoms. The Hall–Kier alpha value is -0.530. The van der Waals surface area contributed by atoms with E-state index in [0.717, 1.165) is 18.4 Å². The number of rotatable bonds is 2. The number of aliphatic hydroxyl groups is 1. The molecule has 0 saturated heterocycles. The van der Waals surface area contributed by atoms with E-state index in [0.29, 0.717) is 16.4 Å². The Labute approximate surface area is 109 Å². The molecule has 0 aromatic heterocycles. The first-order valence-corrected chi connectivity index (χ1v) is 6.79. The number of hydrogen-bond acceptors (Lipinski definition) is 1. The molecule has 2 heteroatoms. The molecule has 0 bridgehead atoms. The van der Waals surface area contributed by atoms with Crippen molar-refractivity contribution in [3.05, 3.63) is 34.9 Å². The smallest absolute Gasteiger partial charge is 0.0818 e. The highest BCUT2D eigenvalue weighted by Gasteiger charge is 2.31. The Morgan fingerprint density at radius 1 is 1.29 bits per heavy atom. The molecule has 94 valence electrons. The first-order valence-electron chi connectivity index (χ1n) is 6.41. The van der Waals surface area contributed by atoms with E-state index in [1.165, 1.54) is 12.8 Å². The Bertz CT molecular complexity index is 376. The first kappa shape index (κ1) is 12.9. The van der Waals surface area contributed by atoms with Crippen LogP contribution in [0.4, 0.5) is 0 Å². The van der Waals surface area contributed by atoms with E-state index >= 15 is 0 Å². The Morgan fingerprint density at radius 3 is 2.53 bits per heavy atom. The van der Waals surface area contributed by atoms with E-state index in [1.54, 1.807) is 0 Å². The predicted molar refractivity (Wildman–Crippen MR) is 72.2 cm³/mol. The van der Waals surface area contributed by atoms with E-state index in [9.17, 15) is 5.11 Å². The van der Waals surface area contributed by atoms with E-state index in [1.807, 2.05) is 24.3 Å². The van der Waals surface area contributed by atoms with Crippen molar-refractivity contribution in [1.82, 2.24) is 0 Å². The van der Waals surface area contributed by atoms with Gasteiger partial charge >= 0.3 is 0 Å². The summed E-state index contributed by atoms with van der Waals surface area (Å²) in [6, 6.07) is 7.61. The molecular weight excluding hydrogens is 232 g/mol. The molecule has 0 heterocycles. The normalized spacial score (nSPS) is 22.4. The van der Waals surface area contributed by atoms with Gasteiger partial charge in [0.2, 0.25) is 0 Å². The number of halogens is 1. The highest BCUT2D eigenvalue weighted by Crippen LogP contribution is 2.42. The molecule has 0 radical (unpaired) electrons. The zero-order chi connectivity index (χ0) is 12.5. The Morgan fingerprint density at radius 2 is 1.94 bits per heavy atom. The lowest BCUT2D eigenvalue weighted by Crippen LogP contribution is -2.25. The van der Waals surface area contributed by atoms with Crippen molar-refractivity contribution in [3.63, 3.8) is 0 Å². The molecule has 1 N–H and O–H groups in total. The molecule has 1 saturated carbocycles. The molecule has 1 atom stereocenters. The van der Waals surface area contributed by atoms with Gasteiger partial charge in [-0.1, -0.05) is 37.6 Å². The lowest BCUT2D eigenvalue weighted by molar-refractivity contribution is 0.0567. The van der Waals surface area contributed by atoms with Crippen LogP contribution in [0.15, 0.2) is 24.3 Å². The van der Waals surface area contributed by atoms with Gasteiger partial charge in [-0.15, -0.1) is 0 Å². The van der Waals surface area contributed by atoms with Gasteiger partial charge in [0.25, 0.3) is 0 Å². The van der Waals surface area contributed by atoms with Crippen LogP contribution in [-0.4, -0.2) is 5.11 Å². The fraction of sp³-hybridized carbons (Fsp3) is 0.600. The fourth-order valence-corrected chi connectivity index (χ4v) is 2.90. The third-order valence-electron chi connectivity index (χ3n) is 4.02. The van der Waals surface area contributed by atoms with Crippen molar-refractivity contribution in [2.75, 3.05) is 0 Å². The minimum Gasteiger partial charge on any atom is -0.388 e. The van der Waals surface area contributed by atoms with Crippen LogP contribution in [0.3, 0.4) is 0 Å². The molecule has 1 aromatic carbocycles. The van der Waals surface area contributed by atoms with Crippen LogP contribution in [0.25, 0.3) is 0 Å². The number of hydrogen-bond donors (Lipinski definition) is 1. The van der Waals surface area contributed by atoms with Gasteiger partial charge in [-0.2, -0.15) is 0 Å². The van der Waals surface area contributed by atoms with Crippen molar-refractivity contribution < 1.29 is 5.11 Å². The highest BCUT2D eigenvalue weighted by atomic mass is 35.5. The minimum atomic E-state index is -0.357. The largest absolute Gasteiger partial charge is 0.388 e. The topological polar surface area (TPSA) is 20.2 Å². The van der Waals surface area contributed by atoms with Crippen LogP contribution in [-0.2, 0) is 0 Å². The maximum absolute atomic E-state index is 10.4. The number of benzene rings is 1. The Balaban J connectivity index is 2.04. The van der Waals surface area contributed by atoms with Crippen LogP contribution in [0.1, 0.15) is 51.2 Å². The van der Waals surface area contributed by atoms with E-state index in [4.69, 9.17) is 11.6 Å². The van der Waals surface area contributed by atoms with Crippen LogP contribution in [0.2, 0.25) is 5.02 Å². The van der Waals surface area contributed by atoms with Gasteiger partial charge < -0.3 is 5.11 Å². The van der Waals surface area contributed by atoms with Gasteiger partial charge in [0.05, 0.1) is 6.10 Å².